The number of H-pyrrole nitrogens is 1. The lowest BCUT2D eigenvalue weighted by Gasteiger charge is -2.33. The number of aliphatic hydroxyl groups is 1. The minimum atomic E-state index is -3.48. The number of hydrogen-bond acceptors (Lipinski definition) is 11. The van der Waals surface area contributed by atoms with Gasteiger partial charge in [0, 0.05) is 77.2 Å². The first-order valence-electron chi connectivity index (χ1n) is 14.8. The van der Waals surface area contributed by atoms with Gasteiger partial charge in [0.05, 0.1) is 5.69 Å². The van der Waals surface area contributed by atoms with Crippen LogP contribution in [0.2, 0.25) is 0 Å². The zero-order valence-electron chi connectivity index (χ0n) is 25.7. The van der Waals surface area contributed by atoms with Crippen molar-refractivity contribution in [1.29, 1.82) is 0 Å². The standard InChI is InChI=1S/C32H36N6O7S/c1-5-46(42,43)38-12-10-37(11-13-38)18-22-21-16-24(34-23(21)7-8-25(22)39)30(40)27-15-19-14-20(6-9-26(19)44-27)33-31(41)35-29-17-28(45-36-29)32(2,3)4/h5-9,14-17,31,33-34,39,41H,1,10-13,18H2,2-4H3,(H,35,36). The number of carbonyl (C=O) groups excluding carboxylic acids is 1. The maximum atomic E-state index is 13.5. The first kappa shape index (κ1) is 31.4. The lowest BCUT2D eigenvalue weighted by atomic mass is 9.93. The van der Waals surface area contributed by atoms with Crippen LogP contribution in [0.5, 0.6) is 5.75 Å². The van der Waals surface area contributed by atoms with Crippen molar-refractivity contribution < 1.29 is 32.4 Å². The van der Waals surface area contributed by atoms with Crippen LogP contribution in [-0.2, 0) is 22.0 Å². The van der Waals surface area contributed by atoms with Gasteiger partial charge in [0.2, 0.25) is 22.2 Å². The molecule has 1 unspecified atom stereocenters. The molecule has 14 heteroatoms. The van der Waals surface area contributed by atoms with Gasteiger partial charge in [-0.3, -0.25) is 9.69 Å². The van der Waals surface area contributed by atoms with Crippen molar-refractivity contribution in [2.24, 2.45) is 0 Å². The summed E-state index contributed by atoms with van der Waals surface area (Å²) in [5.41, 5.74) is 2.47. The molecule has 46 heavy (non-hydrogen) atoms. The van der Waals surface area contributed by atoms with Crippen LogP contribution in [0.15, 0.2) is 69.5 Å². The van der Waals surface area contributed by atoms with Crippen molar-refractivity contribution in [1.82, 2.24) is 19.3 Å². The van der Waals surface area contributed by atoms with Crippen LogP contribution in [0.1, 0.15) is 48.3 Å². The van der Waals surface area contributed by atoms with Crippen LogP contribution >= 0.6 is 0 Å². The number of nitrogens with zero attached hydrogens (tertiary/aromatic N) is 3. The normalized spacial score (nSPS) is 15.7. The first-order valence-corrected chi connectivity index (χ1v) is 16.3. The minimum absolute atomic E-state index is 0.0882. The van der Waals surface area contributed by atoms with Crippen molar-refractivity contribution in [3.8, 4) is 5.75 Å². The molecular formula is C32H36N6O7S. The molecule has 242 valence electrons. The Hall–Kier alpha value is -4.63. The molecule has 13 nitrogen and oxygen atoms in total. The van der Waals surface area contributed by atoms with Gasteiger partial charge >= 0.3 is 0 Å². The summed E-state index contributed by atoms with van der Waals surface area (Å²) in [6.45, 7) is 11.4. The summed E-state index contributed by atoms with van der Waals surface area (Å²) < 4.78 is 36.8. The summed E-state index contributed by atoms with van der Waals surface area (Å²) in [6.07, 6.45) is -1.16. The smallest absolute Gasteiger partial charge is 0.244 e. The molecule has 3 aromatic heterocycles. The fourth-order valence-corrected chi connectivity index (χ4v) is 6.30. The van der Waals surface area contributed by atoms with Crippen molar-refractivity contribution in [3.05, 3.63) is 83.3 Å². The molecule has 0 radical (unpaired) electrons. The maximum absolute atomic E-state index is 13.5. The molecule has 0 bridgehead atoms. The molecule has 5 aromatic rings. The number of aromatic hydroxyl groups is 1. The number of nitrogens with one attached hydrogen (secondary N) is 3. The number of aromatic amines is 1. The van der Waals surface area contributed by atoms with E-state index in [1.165, 1.54) is 4.31 Å². The third-order valence-corrected chi connectivity index (χ3v) is 9.50. The predicted molar refractivity (Wildman–Crippen MR) is 174 cm³/mol. The summed E-state index contributed by atoms with van der Waals surface area (Å²) >= 11 is 0. The molecule has 1 saturated heterocycles. The van der Waals surface area contributed by atoms with Gasteiger partial charge in [-0.15, -0.1) is 0 Å². The second-order valence-corrected chi connectivity index (χ2v) is 14.2. The third-order valence-electron chi connectivity index (χ3n) is 8.00. The molecule has 4 heterocycles. The molecule has 0 saturated carbocycles. The Morgan fingerprint density at radius 2 is 1.87 bits per heavy atom. The lowest BCUT2D eigenvalue weighted by Crippen LogP contribution is -2.47. The van der Waals surface area contributed by atoms with Crippen molar-refractivity contribution in [3.63, 3.8) is 0 Å². The molecule has 0 spiro atoms. The fourth-order valence-electron chi connectivity index (χ4n) is 5.42. The van der Waals surface area contributed by atoms with Gasteiger partial charge in [0.15, 0.2) is 11.6 Å². The summed E-state index contributed by atoms with van der Waals surface area (Å²) in [5.74, 6) is 0.918. The number of benzene rings is 2. The van der Waals surface area contributed by atoms with Crippen LogP contribution in [0, 0.1) is 0 Å². The van der Waals surface area contributed by atoms with Crippen molar-refractivity contribution in [2.45, 2.75) is 39.1 Å². The Labute approximate surface area is 265 Å². The number of phenolic OH excluding ortho intramolecular Hbond substituents is 1. The van der Waals surface area contributed by atoms with Gasteiger partial charge in [-0.05, 0) is 42.5 Å². The van der Waals surface area contributed by atoms with Gasteiger partial charge in [-0.25, -0.2) is 8.42 Å². The van der Waals surface area contributed by atoms with Crippen LogP contribution in [0.25, 0.3) is 21.9 Å². The number of ketones is 1. The summed E-state index contributed by atoms with van der Waals surface area (Å²) in [6, 6.07) is 13.5. The largest absolute Gasteiger partial charge is 0.508 e. The molecular weight excluding hydrogens is 612 g/mol. The molecule has 5 N–H and O–H groups in total. The highest BCUT2D eigenvalue weighted by Crippen LogP contribution is 2.32. The number of aliphatic hydroxyl groups excluding tert-OH is 1. The number of sulfonamides is 1. The second-order valence-electron chi connectivity index (χ2n) is 12.3. The van der Waals surface area contributed by atoms with Crippen molar-refractivity contribution >= 4 is 49.2 Å². The van der Waals surface area contributed by atoms with Crippen LogP contribution in [0.4, 0.5) is 11.5 Å². The molecule has 0 amide bonds. The predicted octanol–water partition coefficient (Wildman–Crippen LogP) is 4.53. The average Bonchev–Trinajstić information content (AvgIpc) is 3.77. The molecule has 2 aromatic carbocycles. The van der Waals surface area contributed by atoms with Gasteiger partial charge in [-0.1, -0.05) is 32.5 Å². The molecule has 0 aliphatic carbocycles. The number of anilines is 2. The number of piperazine rings is 1. The van der Waals surface area contributed by atoms with Crippen molar-refractivity contribution in [2.75, 3.05) is 36.8 Å². The highest BCUT2D eigenvalue weighted by Gasteiger charge is 2.26. The van der Waals surface area contributed by atoms with E-state index < -0.39 is 16.4 Å². The first-order chi connectivity index (χ1) is 21.8. The third kappa shape index (κ3) is 6.37. The van der Waals surface area contributed by atoms with E-state index in [-0.39, 0.29) is 22.7 Å². The molecule has 1 atom stereocenters. The number of furan rings is 1. The van der Waals surface area contributed by atoms with Crippen LogP contribution in [0.3, 0.4) is 0 Å². The highest BCUT2D eigenvalue weighted by molar-refractivity contribution is 7.92. The van der Waals surface area contributed by atoms with E-state index in [9.17, 15) is 23.4 Å². The van der Waals surface area contributed by atoms with E-state index in [1.54, 1.807) is 48.5 Å². The van der Waals surface area contributed by atoms with E-state index in [2.05, 4.69) is 32.3 Å². The topological polar surface area (TPSA) is 177 Å². The Balaban J connectivity index is 1.16. The number of phenols is 1. The summed E-state index contributed by atoms with van der Waals surface area (Å²) in [4.78, 5) is 18.7. The highest BCUT2D eigenvalue weighted by atomic mass is 32.2. The lowest BCUT2D eigenvalue weighted by molar-refractivity contribution is 0.101. The summed E-state index contributed by atoms with van der Waals surface area (Å²) in [7, 11) is -3.48. The Kier molecular flexibility index (Phi) is 8.14. The fraction of sp³-hybridized carbons (Fsp3) is 0.312. The van der Waals surface area contributed by atoms with E-state index in [1.807, 2.05) is 20.8 Å². The second kappa shape index (κ2) is 11.9. The van der Waals surface area contributed by atoms with E-state index in [4.69, 9.17) is 8.94 Å². The van der Waals surface area contributed by atoms with Gasteiger partial charge in [-0.2, -0.15) is 4.31 Å². The number of fused-ring (bicyclic) bond motifs is 2. The molecule has 6 rings (SSSR count). The number of carbonyl (C=O) groups is 1. The number of aromatic nitrogens is 2. The van der Waals surface area contributed by atoms with E-state index in [0.29, 0.717) is 83.1 Å². The zero-order valence-corrected chi connectivity index (χ0v) is 26.5. The van der Waals surface area contributed by atoms with E-state index in [0.717, 1.165) is 5.41 Å². The maximum Gasteiger partial charge on any atom is 0.244 e. The SMILES string of the molecule is C=CS(=O)(=O)N1CCN(Cc2c(O)ccc3[nH]c(C(=O)c4cc5cc(NC(O)Nc6cc(C(C)(C)C)on6)ccc5o4)cc23)CC1. The number of rotatable bonds is 10. The molecule has 1 fully saturated rings. The van der Waals surface area contributed by atoms with Gasteiger partial charge in [0.25, 0.3) is 0 Å². The Morgan fingerprint density at radius 1 is 1.11 bits per heavy atom. The zero-order chi connectivity index (χ0) is 32.8. The monoisotopic (exact) mass is 648 g/mol. The van der Waals surface area contributed by atoms with Crippen LogP contribution < -0.4 is 10.6 Å². The quantitative estimate of drug-likeness (QED) is 0.106. The Morgan fingerprint density at radius 3 is 2.57 bits per heavy atom. The van der Waals surface area contributed by atoms with Gasteiger partial charge in [0.1, 0.15) is 17.1 Å². The van der Waals surface area contributed by atoms with Crippen LogP contribution in [-0.4, -0.2) is 76.3 Å². The average molecular weight is 649 g/mol. The van der Waals surface area contributed by atoms with E-state index >= 15 is 0 Å². The Bertz CT molecular complexity index is 2030. The molecule has 1 aliphatic heterocycles. The molecule has 1 aliphatic rings. The number of hydrogen-bond donors (Lipinski definition) is 5. The summed E-state index contributed by atoms with van der Waals surface area (Å²) in [5, 5.41) is 33.3. The van der Waals surface area contributed by atoms with Gasteiger partial charge < -0.3 is 34.8 Å². The minimum Gasteiger partial charge on any atom is -0.508 e.